The molecule has 0 amide bonds. The second-order valence-electron chi connectivity index (χ2n) is 7.34. The summed E-state index contributed by atoms with van der Waals surface area (Å²) in [6, 6.07) is 7.87. The molecule has 0 saturated heterocycles. The second kappa shape index (κ2) is 6.29. The molecule has 1 aliphatic rings. The van der Waals surface area contributed by atoms with Crippen molar-refractivity contribution in [3.05, 3.63) is 42.5 Å². The van der Waals surface area contributed by atoms with Gasteiger partial charge in [-0.1, -0.05) is 13.8 Å². The van der Waals surface area contributed by atoms with Crippen molar-refractivity contribution in [3.8, 4) is 11.3 Å². The first-order chi connectivity index (χ1) is 13.6. The van der Waals surface area contributed by atoms with Gasteiger partial charge < -0.3 is 10.6 Å². The normalized spacial score (nSPS) is 15.8. The Kier molecular flexibility index (Phi) is 3.75. The minimum atomic E-state index is 0.349. The molecule has 142 valence electrons. The lowest BCUT2D eigenvalue weighted by Crippen LogP contribution is -2.26. The van der Waals surface area contributed by atoms with Gasteiger partial charge in [0.25, 0.3) is 0 Å². The van der Waals surface area contributed by atoms with Crippen molar-refractivity contribution in [1.82, 2.24) is 34.3 Å². The van der Waals surface area contributed by atoms with Gasteiger partial charge in [-0.05, 0) is 24.1 Å². The number of hydrogen-bond donors (Lipinski definition) is 2. The predicted octanol–water partition coefficient (Wildman–Crippen LogP) is 2.83. The highest BCUT2D eigenvalue weighted by atomic mass is 15.3. The Morgan fingerprint density at radius 1 is 1.18 bits per heavy atom. The molecule has 1 atom stereocenters. The van der Waals surface area contributed by atoms with Gasteiger partial charge in [0.1, 0.15) is 17.5 Å². The minimum Gasteiger partial charge on any atom is -0.370 e. The van der Waals surface area contributed by atoms with Crippen LogP contribution in [0.4, 0.5) is 17.6 Å². The van der Waals surface area contributed by atoms with Crippen molar-refractivity contribution in [2.24, 2.45) is 13.0 Å². The monoisotopic (exact) mass is 375 g/mol. The molecule has 4 aromatic rings. The van der Waals surface area contributed by atoms with E-state index in [0.717, 1.165) is 40.9 Å². The fourth-order valence-electron chi connectivity index (χ4n) is 3.59. The fraction of sp³-hybridized carbons (Fsp3) is 0.316. The van der Waals surface area contributed by atoms with Crippen LogP contribution in [-0.4, -0.2) is 40.9 Å². The molecule has 1 aliphatic heterocycles. The van der Waals surface area contributed by atoms with Crippen LogP contribution in [0, 0.1) is 5.92 Å². The van der Waals surface area contributed by atoms with Crippen molar-refractivity contribution in [1.29, 1.82) is 0 Å². The van der Waals surface area contributed by atoms with Crippen LogP contribution >= 0.6 is 0 Å². The Morgan fingerprint density at radius 3 is 2.86 bits per heavy atom. The molecule has 0 aromatic carbocycles. The summed E-state index contributed by atoms with van der Waals surface area (Å²) in [5.74, 6) is 4.20. The van der Waals surface area contributed by atoms with E-state index in [0.29, 0.717) is 17.8 Å². The van der Waals surface area contributed by atoms with E-state index in [1.54, 1.807) is 17.1 Å². The molecular weight excluding hydrogens is 354 g/mol. The summed E-state index contributed by atoms with van der Waals surface area (Å²) in [7, 11) is 1.86. The van der Waals surface area contributed by atoms with Gasteiger partial charge in [0.2, 0.25) is 5.95 Å². The maximum atomic E-state index is 4.66. The third-order valence-electron chi connectivity index (χ3n) is 5.18. The zero-order chi connectivity index (χ0) is 19.3. The van der Waals surface area contributed by atoms with Crippen LogP contribution < -0.4 is 10.6 Å². The summed E-state index contributed by atoms with van der Waals surface area (Å²) in [4.78, 5) is 8.98. The Hall–Kier alpha value is -3.49. The van der Waals surface area contributed by atoms with Gasteiger partial charge in [-0.25, -0.2) is 9.97 Å². The lowest BCUT2D eigenvalue weighted by molar-refractivity contribution is 0.479. The number of rotatable bonds is 4. The molecule has 9 heteroatoms. The molecule has 28 heavy (non-hydrogen) atoms. The van der Waals surface area contributed by atoms with E-state index in [9.17, 15) is 0 Å². The van der Waals surface area contributed by atoms with Crippen LogP contribution in [0.2, 0.25) is 0 Å². The Morgan fingerprint density at radius 2 is 2.07 bits per heavy atom. The molecule has 1 unspecified atom stereocenters. The van der Waals surface area contributed by atoms with E-state index in [-0.39, 0.29) is 0 Å². The molecule has 5 heterocycles. The van der Waals surface area contributed by atoms with E-state index in [1.165, 1.54) is 0 Å². The first kappa shape index (κ1) is 16.7. The molecule has 0 bridgehead atoms. The summed E-state index contributed by atoms with van der Waals surface area (Å²) >= 11 is 0. The molecule has 2 N–H and O–H groups in total. The molecule has 0 saturated carbocycles. The van der Waals surface area contributed by atoms with Gasteiger partial charge in [-0.2, -0.15) is 5.10 Å². The van der Waals surface area contributed by atoms with Gasteiger partial charge in [0.05, 0.1) is 11.9 Å². The summed E-state index contributed by atoms with van der Waals surface area (Å²) in [6.45, 7) is 5.28. The minimum absolute atomic E-state index is 0.349. The second-order valence-corrected chi connectivity index (χ2v) is 7.34. The van der Waals surface area contributed by atoms with Crippen molar-refractivity contribution in [3.63, 3.8) is 0 Å². The highest BCUT2D eigenvalue weighted by Crippen LogP contribution is 2.33. The van der Waals surface area contributed by atoms with Crippen LogP contribution in [0.25, 0.3) is 16.9 Å². The third-order valence-corrected chi connectivity index (χ3v) is 5.18. The van der Waals surface area contributed by atoms with Crippen LogP contribution in [0.1, 0.15) is 25.6 Å². The lowest BCUT2D eigenvalue weighted by atomic mass is 9.94. The molecule has 4 aromatic heterocycles. The van der Waals surface area contributed by atoms with Crippen molar-refractivity contribution in [2.45, 2.75) is 19.8 Å². The number of pyridine rings is 1. The largest absolute Gasteiger partial charge is 0.370 e. The van der Waals surface area contributed by atoms with E-state index < -0.39 is 0 Å². The fourth-order valence-corrected chi connectivity index (χ4v) is 3.59. The van der Waals surface area contributed by atoms with Gasteiger partial charge in [0.15, 0.2) is 5.65 Å². The summed E-state index contributed by atoms with van der Waals surface area (Å²) in [6.07, 6.45) is 3.47. The maximum Gasteiger partial charge on any atom is 0.228 e. The van der Waals surface area contributed by atoms with Crippen LogP contribution in [0.5, 0.6) is 0 Å². The Labute approximate surface area is 161 Å². The predicted molar refractivity (Wildman–Crippen MR) is 107 cm³/mol. The van der Waals surface area contributed by atoms with E-state index in [2.05, 4.69) is 60.2 Å². The molecular formula is C19H21N9. The molecule has 5 rings (SSSR count). The topological polar surface area (TPSA) is 97.8 Å². The quantitative estimate of drug-likeness (QED) is 0.566. The smallest absolute Gasteiger partial charge is 0.228 e. The Bertz CT molecular complexity index is 1160. The molecule has 0 spiro atoms. The van der Waals surface area contributed by atoms with Crippen molar-refractivity contribution >= 4 is 23.2 Å². The lowest BCUT2D eigenvalue weighted by Gasteiger charge is -2.26. The third kappa shape index (κ3) is 2.67. The summed E-state index contributed by atoms with van der Waals surface area (Å²) in [5.41, 5.74) is 2.60. The Balaban J connectivity index is 1.54. The van der Waals surface area contributed by atoms with Gasteiger partial charge in [-0.15, -0.1) is 10.2 Å². The average Bonchev–Trinajstić information content (AvgIpc) is 3.30. The SMILES string of the molecule is CC(C)C1CNc2cc(-c3ccnc(Nc4ccnn4C)n3)cc3nnc1n23. The standard InChI is InChI=1S/C19H21N9/c1-11(2)13-10-21-16-8-12(9-17-25-26-18(13)28(16)17)14-4-6-20-19(23-14)24-15-5-7-22-27(15)3/h4-9,11,13,21H,10H2,1-3H3,(H,20,23,24). The molecule has 0 aliphatic carbocycles. The number of hydrogen-bond acceptors (Lipinski definition) is 7. The highest BCUT2D eigenvalue weighted by Gasteiger charge is 2.27. The summed E-state index contributed by atoms with van der Waals surface area (Å²) in [5, 5.41) is 19.7. The number of aromatic nitrogens is 7. The molecule has 9 nitrogen and oxygen atoms in total. The number of nitrogens with one attached hydrogen (secondary N) is 2. The van der Waals surface area contributed by atoms with Crippen LogP contribution in [-0.2, 0) is 7.05 Å². The van der Waals surface area contributed by atoms with Crippen LogP contribution in [0.15, 0.2) is 36.7 Å². The molecule has 0 fully saturated rings. The van der Waals surface area contributed by atoms with E-state index in [1.807, 2.05) is 25.2 Å². The molecule has 0 radical (unpaired) electrons. The first-order valence-electron chi connectivity index (χ1n) is 9.31. The number of anilines is 3. The zero-order valence-corrected chi connectivity index (χ0v) is 16.0. The number of nitrogens with zero attached hydrogens (tertiary/aromatic N) is 7. The van der Waals surface area contributed by atoms with E-state index in [4.69, 9.17) is 0 Å². The van der Waals surface area contributed by atoms with E-state index >= 15 is 0 Å². The highest BCUT2D eigenvalue weighted by molar-refractivity contribution is 5.71. The zero-order valence-electron chi connectivity index (χ0n) is 16.0. The van der Waals surface area contributed by atoms with Gasteiger partial charge in [0, 0.05) is 37.3 Å². The van der Waals surface area contributed by atoms with Crippen molar-refractivity contribution < 1.29 is 0 Å². The average molecular weight is 375 g/mol. The first-order valence-corrected chi connectivity index (χ1v) is 9.31. The van der Waals surface area contributed by atoms with Crippen LogP contribution in [0.3, 0.4) is 0 Å². The van der Waals surface area contributed by atoms with Gasteiger partial charge >= 0.3 is 0 Å². The maximum absolute atomic E-state index is 4.66. The summed E-state index contributed by atoms with van der Waals surface area (Å²) < 4.78 is 3.84. The van der Waals surface area contributed by atoms with Gasteiger partial charge in [-0.3, -0.25) is 9.08 Å². The number of aryl methyl sites for hydroxylation is 1. The van der Waals surface area contributed by atoms with Crippen molar-refractivity contribution in [2.75, 3.05) is 17.2 Å².